The van der Waals surface area contributed by atoms with Crippen molar-refractivity contribution in [2.45, 2.75) is 51.8 Å². The molecule has 0 bridgehead atoms. The van der Waals surface area contributed by atoms with E-state index in [4.69, 9.17) is 9.15 Å². The standard InChI is InChI=1S/C18H27NO4S/c1-11-6-5-7-16(12(11)2)19-17(20)10-24-9-14-8-15(13(3)23-14)18(21)22-4/h8,11-12,16H,5-7,9-10H2,1-4H3,(H,19,20). The molecular formula is C18H27NO4S. The molecule has 1 aromatic heterocycles. The van der Waals surface area contributed by atoms with E-state index >= 15 is 0 Å². The molecule has 1 fully saturated rings. The van der Waals surface area contributed by atoms with E-state index < -0.39 is 5.97 Å². The summed E-state index contributed by atoms with van der Waals surface area (Å²) in [4.78, 5) is 23.7. The Morgan fingerprint density at radius 3 is 2.83 bits per heavy atom. The average Bonchev–Trinajstić information content (AvgIpc) is 2.92. The van der Waals surface area contributed by atoms with Gasteiger partial charge >= 0.3 is 5.97 Å². The molecule has 1 heterocycles. The van der Waals surface area contributed by atoms with E-state index in [0.717, 1.165) is 6.42 Å². The number of esters is 1. The quantitative estimate of drug-likeness (QED) is 0.792. The van der Waals surface area contributed by atoms with Gasteiger partial charge in [-0.3, -0.25) is 4.79 Å². The summed E-state index contributed by atoms with van der Waals surface area (Å²) >= 11 is 1.49. The van der Waals surface area contributed by atoms with Gasteiger partial charge in [-0.2, -0.15) is 0 Å². The fourth-order valence-corrected chi connectivity index (χ4v) is 3.92. The van der Waals surface area contributed by atoms with Gasteiger partial charge in [0.1, 0.15) is 17.1 Å². The fraction of sp³-hybridized carbons (Fsp3) is 0.667. The number of carbonyl (C=O) groups excluding carboxylic acids is 2. The largest absolute Gasteiger partial charge is 0.465 e. The molecule has 0 aromatic carbocycles. The minimum Gasteiger partial charge on any atom is -0.465 e. The van der Waals surface area contributed by atoms with Gasteiger partial charge in [-0.15, -0.1) is 11.8 Å². The minimum absolute atomic E-state index is 0.0717. The highest BCUT2D eigenvalue weighted by atomic mass is 32.2. The molecule has 1 N–H and O–H groups in total. The second-order valence-corrected chi connectivity index (χ2v) is 7.59. The Morgan fingerprint density at radius 2 is 2.12 bits per heavy atom. The van der Waals surface area contributed by atoms with Gasteiger partial charge in [-0.1, -0.05) is 26.7 Å². The van der Waals surface area contributed by atoms with Crippen LogP contribution in [0.2, 0.25) is 0 Å². The van der Waals surface area contributed by atoms with Gasteiger partial charge in [0.15, 0.2) is 0 Å². The molecule has 0 aliphatic heterocycles. The second kappa shape index (κ2) is 8.60. The summed E-state index contributed by atoms with van der Waals surface area (Å²) in [7, 11) is 1.35. The second-order valence-electron chi connectivity index (χ2n) is 6.61. The molecule has 3 atom stereocenters. The van der Waals surface area contributed by atoms with Crippen LogP contribution in [0.3, 0.4) is 0 Å². The van der Waals surface area contributed by atoms with E-state index in [-0.39, 0.29) is 5.91 Å². The molecule has 0 radical (unpaired) electrons. The number of carbonyl (C=O) groups is 2. The molecule has 2 rings (SSSR count). The first-order valence-corrected chi connectivity index (χ1v) is 9.62. The summed E-state index contributed by atoms with van der Waals surface area (Å²) in [6.07, 6.45) is 3.51. The maximum absolute atomic E-state index is 12.1. The normalized spacial score (nSPS) is 23.8. The van der Waals surface area contributed by atoms with Crippen molar-refractivity contribution >= 4 is 23.6 Å². The Balaban J connectivity index is 1.77. The first-order chi connectivity index (χ1) is 11.4. The molecule has 1 amide bonds. The summed E-state index contributed by atoms with van der Waals surface area (Å²) < 4.78 is 10.3. The molecule has 1 aliphatic rings. The summed E-state index contributed by atoms with van der Waals surface area (Å²) in [5, 5.41) is 3.16. The molecule has 1 aromatic rings. The fourth-order valence-electron chi connectivity index (χ4n) is 3.21. The van der Waals surface area contributed by atoms with Gasteiger partial charge in [-0.05, 0) is 31.2 Å². The van der Waals surface area contributed by atoms with E-state index in [2.05, 4.69) is 19.2 Å². The topological polar surface area (TPSA) is 68.5 Å². The maximum atomic E-state index is 12.1. The molecule has 24 heavy (non-hydrogen) atoms. The first-order valence-electron chi connectivity index (χ1n) is 8.47. The SMILES string of the molecule is COC(=O)c1cc(CSCC(=O)NC2CCCC(C)C2C)oc1C. The Labute approximate surface area is 147 Å². The third kappa shape index (κ3) is 4.79. The van der Waals surface area contributed by atoms with Crippen molar-refractivity contribution in [3.8, 4) is 0 Å². The van der Waals surface area contributed by atoms with E-state index in [1.807, 2.05) is 0 Å². The maximum Gasteiger partial charge on any atom is 0.341 e. The number of rotatable bonds is 6. The van der Waals surface area contributed by atoms with Crippen molar-refractivity contribution in [3.63, 3.8) is 0 Å². The predicted octanol–water partition coefficient (Wildman–Crippen LogP) is 3.55. The lowest BCUT2D eigenvalue weighted by atomic mass is 9.78. The van der Waals surface area contributed by atoms with Crippen LogP contribution in [-0.2, 0) is 15.3 Å². The monoisotopic (exact) mass is 353 g/mol. The molecule has 0 spiro atoms. The molecule has 134 valence electrons. The molecule has 5 nitrogen and oxygen atoms in total. The van der Waals surface area contributed by atoms with Gasteiger partial charge in [0, 0.05) is 6.04 Å². The van der Waals surface area contributed by atoms with Crippen LogP contribution in [-0.4, -0.2) is 30.8 Å². The number of furan rings is 1. The van der Waals surface area contributed by atoms with E-state index in [1.165, 1.54) is 31.7 Å². The van der Waals surface area contributed by atoms with Crippen LogP contribution < -0.4 is 5.32 Å². The van der Waals surface area contributed by atoms with Gasteiger partial charge in [0.2, 0.25) is 5.91 Å². The van der Waals surface area contributed by atoms with Crippen LogP contribution in [0.25, 0.3) is 0 Å². The number of aryl methyl sites for hydroxylation is 1. The van der Waals surface area contributed by atoms with Gasteiger partial charge in [0.05, 0.1) is 18.6 Å². The zero-order chi connectivity index (χ0) is 17.7. The lowest BCUT2D eigenvalue weighted by molar-refractivity contribution is -0.120. The molecule has 1 aliphatic carbocycles. The molecular weight excluding hydrogens is 326 g/mol. The zero-order valence-corrected chi connectivity index (χ0v) is 15.7. The Bertz CT molecular complexity index is 584. The summed E-state index contributed by atoms with van der Waals surface area (Å²) in [6, 6.07) is 1.98. The predicted molar refractivity (Wildman–Crippen MR) is 95.1 cm³/mol. The molecule has 6 heteroatoms. The molecule has 3 unspecified atom stereocenters. The van der Waals surface area contributed by atoms with Crippen LogP contribution in [0.4, 0.5) is 0 Å². The van der Waals surface area contributed by atoms with Gasteiger partial charge in [0.25, 0.3) is 0 Å². The minimum atomic E-state index is -0.398. The van der Waals surface area contributed by atoms with Crippen LogP contribution in [0.5, 0.6) is 0 Å². The smallest absolute Gasteiger partial charge is 0.341 e. The van der Waals surface area contributed by atoms with Crippen molar-refractivity contribution in [1.82, 2.24) is 5.32 Å². The third-order valence-corrected chi connectivity index (χ3v) is 5.86. The Hall–Kier alpha value is -1.43. The van der Waals surface area contributed by atoms with Crippen molar-refractivity contribution < 1.29 is 18.7 Å². The van der Waals surface area contributed by atoms with E-state index in [0.29, 0.717) is 46.5 Å². The summed E-state index contributed by atoms with van der Waals surface area (Å²) in [6.45, 7) is 6.22. The molecule has 0 saturated heterocycles. The Morgan fingerprint density at radius 1 is 1.38 bits per heavy atom. The van der Waals surface area contributed by atoms with Crippen LogP contribution in [0, 0.1) is 18.8 Å². The number of hydrogen-bond donors (Lipinski definition) is 1. The lowest BCUT2D eigenvalue weighted by Crippen LogP contribution is -2.44. The van der Waals surface area contributed by atoms with Crippen LogP contribution in [0.15, 0.2) is 10.5 Å². The van der Waals surface area contributed by atoms with E-state index in [1.54, 1.807) is 13.0 Å². The highest BCUT2D eigenvalue weighted by Crippen LogP contribution is 2.29. The number of ether oxygens (including phenoxy) is 1. The van der Waals surface area contributed by atoms with Crippen molar-refractivity contribution in [2.75, 3.05) is 12.9 Å². The average molecular weight is 353 g/mol. The van der Waals surface area contributed by atoms with Gasteiger partial charge in [-0.25, -0.2) is 4.79 Å². The highest BCUT2D eigenvalue weighted by molar-refractivity contribution is 7.99. The highest BCUT2D eigenvalue weighted by Gasteiger charge is 2.28. The summed E-state index contributed by atoms with van der Waals surface area (Å²) in [5.41, 5.74) is 0.447. The lowest BCUT2D eigenvalue weighted by Gasteiger charge is -2.34. The van der Waals surface area contributed by atoms with Gasteiger partial charge < -0.3 is 14.5 Å². The third-order valence-electron chi connectivity index (χ3n) is 4.90. The number of methoxy groups -OCH3 is 1. The van der Waals surface area contributed by atoms with Crippen molar-refractivity contribution in [2.24, 2.45) is 11.8 Å². The molecule has 1 saturated carbocycles. The summed E-state index contributed by atoms with van der Waals surface area (Å²) in [5.74, 6) is 3.06. The van der Waals surface area contributed by atoms with Crippen molar-refractivity contribution in [3.05, 3.63) is 23.2 Å². The van der Waals surface area contributed by atoms with Crippen LogP contribution in [0.1, 0.15) is 55.0 Å². The number of thioether (sulfide) groups is 1. The first kappa shape index (κ1) is 18.9. The Kier molecular flexibility index (Phi) is 6.78. The number of amides is 1. The van der Waals surface area contributed by atoms with E-state index in [9.17, 15) is 9.59 Å². The van der Waals surface area contributed by atoms with Crippen molar-refractivity contribution in [1.29, 1.82) is 0 Å². The zero-order valence-electron chi connectivity index (χ0n) is 14.9. The number of hydrogen-bond acceptors (Lipinski definition) is 5. The number of nitrogens with one attached hydrogen (secondary N) is 1. The van der Waals surface area contributed by atoms with Crippen LogP contribution >= 0.6 is 11.8 Å².